The Morgan fingerprint density at radius 3 is 3.06 bits per heavy atom. The molecule has 88 valence electrons. The first-order valence-electron chi connectivity index (χ1n) is 5.18. The van der Waals surface area contributed by atoms with E-state index in [1.54, 1.807) is 0 Å². The van der Waals surface area contributed by atoms with Gasteiger partial charge in [0, 0.05) is 19.3 Å². The number of rotatable bonds is 6. The largest absolute Gasteiger partial charge is 0.478 e. The molecule has 0 saturated heterocycles. The molecule has 16 heavy (non-hydrogen) atoms. The van der Waals surface area contributed by atoms with Gasteiger partial charge in [-0.25, -0.2) is 4.79 Å². The summed E-state index contributed by atoms with van der Waals surface area (Å²) in [6.45, 7) is 5.04. The Morgan fingerprint density at radius 1 is 1.69 bits per heavy atom. The van der Waals surface area contributed by atoms with Crippen LogP contribution in [0.1, 0.15) is 24.2 Å². The van der Waals surface area contributed by atoms with E-state index in [0.717, 1.165) is 0 Å². The van der Waals surface area contributed by atoms with Crippen LogP contribution in [0, 0.1) is 0 Å². The summed E-state index contributed by atoms with van der Waals surface area (Å²) >= 11 is 0. The van der Waals surface area contributed by atoms with Crippen LogP contribution in [0.15, 0.2) is 18.5 Å². The Labute approximate surface area is 94.5 Å². The van der Waals surface area contributed by atoms with E-state index in [9.17, 15) is 4.79 Å². The molecule has 0 aromatic carbocycles. The van der Waals surface area contributed by atoms with Gasteiger partial charge in [-0.2, -0.15) is 0 Å². The SMILES string of the molecule is CCOC(C)CNc1cnccc1C(=O)O. The minimum absolute atomic E-state index is 0.0341. The molecule has 5 nitrogen and oxygen atoms in total. The molecular weight excluding hydrogens is 208 g/mol. The Hall–Kier alpha value is -1.62. The number of pyridine rings is 1. The number of nitrogens with one attached hydrogen (secondary N) is 1. The molecule has 1 unspecified atom stereocenters. The highest BCUT2D eigenvalue weighted by Gasteiger charge is 2.10. The number of carbonyl (C=O) groups is 1. The van der Waals surface area contributed by atoms with Crippen molar-refractivity contribution in [3.05, 3.63) is 24.0 Å². The second-order valence-corrected chi connectivity index (χ2v) is 3.37. The zero-order valence-corrected chi connectivity index (χ0v) is 9.43. The Balaban J connectivity index is 2.63. The molecule has 0 bridgehead atoms. The second-order valence-electron chi connectivity index (χ2n) is 3.37. The Bertz CT molecular complexity index is 355. The molecule has 0 spiro atoms. The molecule has 0 aliphatic rings. The standard InChI is InChI=1S/C11H16N2O3/c1-3-16-8(2)6-13-10-7-12-5-4-9(10)11(14)15/h4-5,7-8,13H,3,6H2,1-2H3,(H,14,15). The van der Waals surface area contributed by atoms with Gasteiger partial charge in [-0.1, -0.05) is 0 Å². The normalized spacial score (nSPS) is 12.1. The maximum atomic E-state index is 10.9. The minimum Gasteiger partial charge on any atom is -0.478 e. The molecule has 0 aliphatic carbocycles. The second kappa shape index (κ2) is 6.07. The Kier molecular flexibility index (Phi) is 4.72. The van der Waals surface area contributed by atoms with Gasteiger partial charge < -0.3 is 15.2 Å². The number of hydrogen-bond acceptors (Lipinski definition) is 4. The molecule has 0 amide bonds. The number of aromatic nitrogens is 1. The van der Waals surface area contributed by atoms with E-state index in [1.165, 1.54) is 18.5 Å². The first-order valence-corrected chi connectivity index (χ1v) is 5.18. The maximum Gasteiger partial charge on any atom is 0.337 e. The van der Waals surface area contributed by atoms with E-state index in [-0.39, 0.29) is 11.7 Å². The van der Waals surface area contributed by atoms with E-state index in [0.29, 0.717) is 18.8 Å². The highest BCUT2D eigenvalue weighted by Crippen LogP contribution is 2.13. The van der Waals surface area contributed by atoms with Crippen LogP contribution < -0.4 is 5.32 Å². The summed E-state index contributed by atoms with van der Waals surface area (Å²) in [5.41, 5.74) is 0.736. The third-order valence-corrected chi connectivity index (χ3v) is 2.08. The predicted octanol–water partition coefficient (Wildman–Crippen LogP) is 1.62. The lowest BCUT2D eigenvalue weighted by Crippen LogP contribution is -2.20. The fraction of sp³-hybridized carbons (Fsp3) is 0.455. The lowest BCUT2D eigenvalue weighted by molar-refractivity contribution is 0.0696. The van der Waals surface area contributed by atoms with Gasteiger partial charge in [-0.15, -0.1) is 0 Å². The number of aromatic carboxylic acids is 1. The van der Waals surface area contributed by atoms with Gasteiger partial charge in [0.05, 0.1) is 23.6 Å². The maximum absolute atomic E-state index is 10.9. The van der Waals surface area contributed by atoms with Gasteiger partial charge in [0.25, 0.3) is 0 Å². The number of nitrogens with zero attached hydrogens (tertiary/aromatic N) is 1. The van der Waals surface area contributed by atoms with E-state index in [1.807, 2.05) is 13.8 Å². The number of anilines is 1. The lowest BCUT2D eigenvalue weighted by Gasteiger charge is -2.14. The monoisotopic (exact) mass is 224 g/mol. The number of hydrogen-bond donors (Lipinski definition) is 2. The number of ether oxygens (including phenoxy) is 1. The predicted molar refractivity (Wildman–Crippen MR) is 60.8 cm³/mol. The van der Waals surface area contributed by atoms with Gasteiger partial charge in [-0.05, 0) is 19.9 Å². The van der Waals surface area contributed by atoms with Crippen LogP contribution in [0.3, 0.4) is 0 Å². The van der Waals surface area contributed by atoms with Crippen LogP contribution in [-0.4, -0.2) is 35.3 Å². The van der Waals surface area contributed by atoms with Gasteiger partial charge >= 0.3 is 5.97 Å². The van der Waals surface area contributed by atoms with Crippen LogP contribution in [-0.2, 0) is 4.74 Å². The summed E-state index contributed by atoms with van der Waals surface area (Å²) in [7, 11) is 0. The molecular formula is C11H16N2O3. The fourth-order valence-corrected chi connectivity index (χ4v) is 1.32. The molecule has 5 heteroatoms. The Morgan fingerprint density at radius 2 is 2.44 bits per heavy atom. The van der Waals surface area contributed by atoms with Crippen molar-refractivity contribution in [1.29, 1.82) is 0 Å². The van der Waals surface area contributed by atoms with Gasteiger partial charge in [0.2, 0.25) is 0 Å². The third kappa shape index (κ3) is 3.51. The summed E-state index contributed by atoms with van der Waals surface area (Å²) in [5, 5.41) is 11.9. The molecule has 0 aliphatic heterocycles. The lowest BCUT2D eigenvalue weighted by atomic mass is 10.2. The topological polar surface area (TPSA) is 71.5 Å². The van der Waals surface area contributed by atoms with Gasteiger partial charge in [0.1, 0.15) is 0 Å². The summed E-state index contributed by atoms with van der Waals surface area (Å²) < 4.78 is 5.33. The van der Waals surface area contributed by atoms with E-state index in [4.69, 9.17) is 9.84 Å². The van der Waals surface area contributed by atoms with E-state index < -0.39 is 5.97 Å². The van der Waals surface area contributed by atoms with Crippen molar-refractivity contribution in [2.75, 3.05) is 18.5 Å². The van der Waals surface area contributed by atoms with Crippen molar-refractivity contribution in [1.82, 2.24) is 4.98 Å². The number of carboxylic acid groups (broad SMARTS) is 1. The summed E-state index contributed by atoms with van der Waals surface area (Å²) in [6, 6.07) is 1.47. The van der Waals surface area contributed by atoms with Crippen LogP contribution in [0.25, 0.3) is 0 Å². The zero-order valence-electron chi connectivity index (χ0n) is 9.43. The van der Waals surface area contributed by atoms with Crippen molar-refractivity contribution in [3.8, 4) is 0 Å². The molecule has 1 atom stereocenters. The molecule has 1 heterocycles. The van der Waals surface area contributed by atoms with Gasteiger partial charge in [-0.3, -0.25) is 4.98 Å². The highest BCUT2D eigenvalue weighted by atomic mass is 16.5. The fourth-order valence-electron chi connectivity index (χ4n) is 1.32. The van der Waals surface area contributed by atoms with Crippen molar-refractivity contribution in [2.24, 2.45) is 0 Å². The molecule has 0 fully saturated rings. The first kappa shape index (κ1) is 12.4. The van der Waals surface area contributed by atoms with Crippen molar-refractivity contribution >= 4 is 11.7 Å². The molecule has 2 N–H and O–H groups in total. The first-order chi connectivity index (χ1) is 7.65. The zero-order chi connectivity index (χ0) is 12.0. The summed E-state index contributed by atoms with van der Waals surface area (Å²) in [4.78, 5) is 14.8. The molecule has 0 saturated carbocycles. The minimum atomic E-state index is -0.964. The van der Waals surface area contributed by atoms with Crippen LogP contribution in [0.4, 0.5) is 5.69 Å². The average Bonchev–Trinajstić information content (AvgIpc) is 2.27. The number of carboxylic acids is 1. The highest BCUT2D eigenvalue weighted by molar-refractivity contribution is 5.93. The van der Waals surface area contributed by atoms with Crippen molar-refractivity contribution in [2.45, 2.75) is 20.0 Å². The van der Waals surface area contributed by atoms with E-state index in [2.05, 4.69) is 10.3 Å². The smallest absolute Gasteiger partial charge is 0.337 e. The van der Waals surface area contributed by atoms with Crippen LogP contribution in [0.2, 0.25) is 0 Å². The van der Waals surface area contributed by atoms with Crippen LogP contribution >= 0.6 is 0 Å². The summed E-state index contributed by atoms with van der Waals surface area (Å²) in [5.74, 6) is -0.964. The molecule has 0 radical (unpaired) electrons. The molecule has 1 rings (SSSR count). The van der Waals surface area contributed by atoms with E-state index >= 15 is 0 Å². The van der Waals surface area contributed by atoms with Crippen molar-refractivity contribution < 1.29 is 14.6 Å². The van der Waals surface area contributed by atoms with Crippen LogP contribution in [0.5, 0.6) is 0 Å². The van der Waals surface area contributed by atoms with Gasteiger partial charge in [0.15, 0.2) is 0 Å². The summed E-state index contributed by atoms with van der Waals surface area (Å²) in [6.07, 6.45) is 3.00. The molecule has 1 aromatic heterocycles. The quantitative estimate of drug-likeness (QED) is 0.768. The van der Waals surface area contributed by atoms with Crippen molar-refractivity contribution in [3.63, 3.8) is 0 Å². The average molecular weight is 224 g/mol. The third-order valence-electron chi connectivity index (χ3n) is 2.08. The molecule has 1 aromatic rings.